The van der Waals surface area contributed by atoms with Crippen molar-refractivity contribution >= 4 is 25.5 Å². The Hall–Kier alpha value is -1.12. The van der Waals surface area contributed by atoms with Gasteiger partial charge in [0.05, 0.1) is 17.2 Å². The molecule has 1 saturated heterocycles. The Morgan fingerprint density at radius 2 is 2.00 bits per heavy atom. The van der Waals surface area contributed by atoms with E-state index in [9.17, 15) is 16.8 Å². The van der Waals surface area contributed by atoms with Gasteiger partial charge in [0.1, 0.15) is 4.90 Å². The number of rotatable bonds is 4. The van der Waals surface area contributed by atoms with Gasteiger partial charge in [-0.3, -0.25) is 0 Å². The van der Waals surface area contributed by atoms with Crippen LogP contribution in [0.4, 0.5) is 5.69 Å². The van der Waals surface area contributed by atoms with Crippen LogP contribution < -0.4 is 10.5 Å². The number of nitrogen functional groups attached to an aromatic ring is 1. The molecule has 0 radical (unpaired) electrons. The molecule has 8 heteroatoms. The van der Waals surface area contributed by atoms with Crippen molar-refractivity contribution in [3.8, 4) is 0 Å². The van der Waals surface area contributed by atoms with Crippen LogP contribution in [0.25, 0.3) is 0 Å². The lowest BCUT2D eigenvalue weighted by molar-refractivity contribution is 0.543. The third-order valence-electron chi connectivity index (χ3n) is 3.86. The van der Waals surface area contributed by atoms with Crippen LogP contribution in [0.2, 0.25) is 0 Å². The first-order chi connectivity index (χ1) is 9.62. The molecule has 1 fully saturated rings. The maximum Gasteiger partial charge on any atom is 0.242 e. The Labute approximate surface area is 125 Å². The molecule has 1 aliphatic heterocycles. The first-order valence-corrected chi connectivity index (χ1v) is 9.98. The number of hydrogen-bond donors (Lipinski definition) is 2. The average Bonchev–Trinajstić information content (AvgIpc) is 2.72. The standard InChI is InChI=1S/C13H20N2O4S2/c1-9-3-4-12(14)13(10(9)2)21(18,19)15-7-11-5-6-20(16,17)8-11/h3-4,11,15H,5-8,14H2,1-2H3. The lowest BCUT2D eigenvalue weighted by atomic mass is 10.1. The van der Waals surface area contributed by atoms with Crippen LogP contribution in [-0.4, -0.2) is 34.9 Å². The average molecular weight is 332 g/mol. The Bertz CT molecular complexity index is 755. The first-order valence-electron chi connectivity index (χ1n) is 6.68. The van der Waals surface area contributed by atoms with E-state index < -0.39 is 19.9 Å². The summed E-state index contributed by atoms with van der Waals surface area (Å²) < 4.78 is 50.1. The van der Waals surface area contributed by atoms with Crippen LogP contribution in [0.1, 0.15) is 17.5 Å². The number of sulfonamides is 1. The zero-order chi connectivity index (χ0) is 15.8. The summed E-state index contributed by atoms with van der Waals surface area (Å²) >= 11 is 0. The number of nitrogens with one attached hydrogen (secondary N) is 1. The fourth-order valence-electron chi connectivity index (χ4n) is 2.50. The van der Waals surface area contributed by atoms with Gasteiger partial charge in [0, 0.05) is 6.54 Å². The van der Waals surface area contributed by atoms with Gasteiger partial charge in [-0.1, -0.05) is 6.07 Å². The fourth-order valence-corrected chi connectivity index (χ4v) is 5.90. The molecule has 1 aliphatic rings. The molecule has 1 aromatic carbocycles. The molecule has 0 spiro atoms. The minimum absolute atomic E-state index is 0.0395. The third-order valence-corrected chi connectivity index (χ3v) is 7.33. The van der Waals surface area contributed by atoms with Gasteiger partial charge < -0.3 is 5.73 Å². The highest BCUT2D eigenvalue weighted by atomic mass is 32.2. The van der Waals surface area contributed by atoms with Crippen molar-refractivity contribution in [2.75, 3.05) is 23.8 Å². The molecule has 118 valence electrons. The summed E-state index contributed by atoms with van der Waals surface area (Å²) in [5.74, 6) is -0.000812. The Morgan fingerprint density at radius 1 is 1.33 bits per heavy atom. The SMILES string of the molecule is Cc1ccc(N)c(S(=O)(=O)NCC2CCS(=O)(=O)C2)c1C. The van der Waals surface area contributed by atoms with Crippen LogP contribution >= 0.6 is 0 Å². The predicted molar refractivity (Wildman–Crippen MR) is 82.3 cm³/mol. The van der Waals surface area contributed by atoms with Gasteiger partial charge in [-0.25, -0.2) is 21.6 Å². The van der Waals surface area contributed by atoms with Crippen molar-refractivity contribution in [2.45, 2.75) is 25.2 Å². The van der Waals surface area contributed by atoms with Gasteiger partial charge in [-0.2, -0.15) is 0 Å². The van der Waals surface area contributed by atoms with Gasteiger partial charge in [0.15, 0.2) is 9.84 Å². The molecule has 21 heavy (non-hydrogen) atoms. The highest BCUT2D eigenvalue weighted by Crippen LogP contribution is 2.25. The molecule has 1 aromatic rings. The summed E-state index contributed by atoms with van der Waals surface area (Å²) in [4.78, 5) is 0.0864. The third kappa shape index (κ3) is 3.56. The predicted octanol–water partition coefficient (Wildman–Crippen LogP) is 0.599. The lowest BCUT2D eigenvalue weighted by Crippen LogP contribution is -2.31. The van der Waals surface area contributed by atoms with E-state index in [-0.39, 0.29) is 34.6 Å². The van der Waals surface area contributed by atoms with Gasteiger partial charge in [0.25, 0.3) is 0 Å². The van der Waals surface area contributed by atoms with Crippen molar-refractivity contribution in [3.05, 3.63) is 23.3 Å². The van der Waals surface area contributed by atoms with Crippen LogP contribution in [0.3, 0.4) is 0 Å². The molecule has 1 unspecified atom stereocenters. The number of benzene rings is 1. The van der Waals surface area contributed by atoms with Gasteiger partial charge in [-0.05, 0) is 43.4 Å². The smallest absolute Gasteiger partial charge is 0.242 e. The molecular weight excluding hydrogens is 312 g/mol. The molecule has 0 aromatic heterocycles. The topological polar surface area (TPSA) is 106 Å². The molecule has 0 aliphatic carbocycles. The molecule has 0 amide bonds. The zero-order valence-electron chi connectivity index (χ0n) is 12.1. The second kappa shape index (κ2) is 5.58. The Kier molecular flexibility index (Phi) is 4.32. The number of hydrogen-bond acceptors (Lipinski definition) is 5. The number of nitrogens with two attached hydrogens (primary N) is 1. The summed E-state index contributed by atoms with van der Waals surface area (Å²) in [6.07, 6.45) is 0.493. The highest BCUT2D eigenvalue weighted by Gasteiger charge is 2.29. The molecule has 0 bridgehead atoms. The van der Waals surface area contributed by atoms with Crippen molar-refractivity contribution in [2.24, 2.45) is 5.92 Å². The van der Waals surface area contributed by atoms with Gasteiger partial charge in [-0.15, -0.1) is 0 Å². The molecule has 3 N–H and O–H groups in total. The minimum atomic E-state index is -3.74. The molecular formula is C13H20N2O4S2. The van der Waals surface area contributed by atoms with E-state index in [1.165, 1.54) is 0 Å². The Morgan fingerprint density at radius 3 is 2.57 bits per heavy atom. The van der Waals surface area contributed by atoms with E-state index in [4.69, 9.17) is 5.73 Å². The summed E-state index contributed by atoms with van der Waals surface area (Å²) in [6.45, 7) is 3.64. The number of aryl methyl sites for hydroxylation is 1. The maximum absolute atomic E-state index is 12.4. The molecule has 6 nitrogen and oxygen atoms in total. The van der Waals surface area contributed by atoms with Crippen LogP contribution in [0.5, 0.6) is 0 Å². The molecule has 2 rings (SSSR count). The summed E-state index contributed by atoms with van der Waals surface area (Å²) in [7, 11) is -6.75. The van der Waals surface area contributed by atoms with E-state index in [0.29, 0.717) is 12.0 Å². The number of anilines is 1. The lowest BCUT2D eigenvalue weighted by Gasteiger charge is -2.15. The second-order valence-corrected chi connectivity index (χ2v) is 9.48. The molecule has 0 saturated carbocycles. The summed E-state index contributed by atoms with van der Waals surface area (Å²) in [6, 6.07) is 3.34. The van der Waals surface area contributed by atoms with E-state index in [1.54, 1.807) is 19.1 Å². The van der Waals surface area contributed by atoms with Crippen molar-refractivity contribution < 1.29 is 16.8 Å². The summed E-state index contributed by atoms with van der Waals surface area (Å²) in [5.41, 5.74) is 7.44. The van der Waals surface area contributed by atoms with E-state index in [2.05, 4.69) is 4.72 Å². The monoisotopic (exact) mass is 332 g/mol. The zero-order valence-corrected chi connectivity index (χ0v) is 13.7. The van der Waals surface area contributed by atoms with E-state index >= 15 is 0 Å². The fraction of sp³-hybridized carbons (Fsp3) is 0.538. The first kappa shape index (κ1) is 16.3. The van der Waals surface area contributed by atoms with Crippen LogP contribution in [0.15, 0.2) is 17.0 Å². The second-order valence-electron chi connectivity index (χ2n) is 5.55. The molecule has 1 heterocycles. The summed E-state index contributed by atoms with van der Waals surface area (Å²) in [5, 5.41) is 0. The van der Waals surface area contributed by atoms with E-state index in [1.807, 2.05) is 6.92 Å². The van der Waals surface area contributed by atoms with Crippen LogP contribution in [-0.2, 0) is 19.9 Å². The normalized spacial score (nSPS) is 21.5. The van der Waals surface area contributed by atoms with Gasteiger partial charge >= 0.3 is 0 Å². The maximum atomic E-state index is 12.4. The quantitative estimate of drug-likeness (QED) is 0.785. The van der Waals surface area contributed by atoms with Crippen molar-refractivity contribution in [1.82, 2.24) is 4.72 Å². The van der Waals surface area contributed by atoms with E-state index in [0.717, 1.165) is 5.56 Å². The van der Waals surface area contributed by atoms with Crippen molar-refractivity contribution in [3.63, 3.8) is 0 Å². The molecule has 1 atom stereocenters. The minimum Gasteiger partial charge on any atom is -0.398 e. The highest BCUT2D eigenvalue weighted by molar-refractivity contribution is 7.91. The largest absolute Gasteiger partial charge is 0.398 e. The van der Waals surface area contributed by atoms with Gasteiger partial charge in [0.2, 0.25) is 10.0 Å². The van der Waals surface area contributed by atoms with Crippen molar-refractivity contribution in [1.29, 1.82) is 0 Å². The van der Waals surface area contributed by atoms with Crippen LogP contribution in [0, 0.1) is 19.8 Å². The Balaban J connectivity index is 2.19. The number of sulfone groups is 1.